The second kappa shape index (κ2) is 2.96. The third kappa shape index (κ3) is 5.88. The molecular weight excluding hydrogens is 94.0 g/mol. The Balaban J connectivity index is 2.95. The molecule has 0 aliphatic heterocycles. The lowest BCUT2D eigenvalue weighted by molar-refractivity contribution is -0.254. The molecule has 0 fully saturated rings. The Labute approximate surface area is 43.5 Å². The standard InChI is InChI=1S/C4H10NO2/c1-4(6)7-5(2)3/h4H,1-3H3. The van der Waals surface area contributed by atoms with Crippen molar-refractivity contribution in [2.45, 2.75) is 13.2 Å². The summed E-state index contributed by atoms with van der Waals surface area (Å²) in [6.45, 7) is 1.44. The van der Waals surface area contributed by atoms with E-state index in [2.05, 4.69) is 4.84 Å². The summed E-state index contributed by atoms with van der Waals surface area (Å²) in [5.74, 6) is 0. The molecule has 43 valence electrons. The van der Waals surface area contributed by atoms with Crippen molar-refractivity contribution in [1.29, 1.82) is 0 Å². The molecular formula is C4H10NO2. The van der Waals surface area contributed by atoms with Gasteiger partial charge >= 0.3 is 0 Å². The van der Waals surface area contributed by atoms with Crippen molar-refractivity contribution in [3.8, 4) is 0 Å². The van der Waals surface area contributed by atoms with E-state index in [-0.39, 0.29) is 0 Å². The van der Waals surface area contributed by atoms with Crippen LogP contribution in [0, 0.1) is 0 Å². The van der Waals surface area contributed by atoms with Gasteiger partial charge in [0, 0.05) is 14.1 Å². The first kappa shape index (κ1) is 6.88. The predicted octanol–water partition coefficient (Wildman–Crippen LogP) is 0.256. The molecule has 0 spiro atoms. The van der Waals surface area contributed by atoms with Crippen molar-refractivity contribution in [1.82, 2.24) is 5.06 Å². The number of nitrogens with zero attached hydrogens (tertiary/aromatic N) is 1. The van der Waals surface area contributed by atoms with Crippen molar-refractivity contribution in [2.24, 2.45) is 0 Å². The van der Waals surface area contributed by atoms with Crippen LogP contribution in [0.4, 0.5) is 0 Å². The Kier molecular flexibility index (Phi) is 2.91. The van der Waals surface area contributed by atoms with Crippen LogP contribution in [0.1, 0.15) is 6.92 Å². The third-order valence-electron chi connectivity index (χ3n) is 0.359. The molecule has 0 N–H and O–H groups in total. The van der Waals surface area contributed by atoms with Gasteiger partial charge in [-0.2, -0.15) is 5.06 Å². The quantitative estimate of drug-likeness (QED) is 0.371. The Bertz CT molecular complexity index is 39.0. The number of hydroxylamine groups is 2. The number of hydrogen-bond acceptors (Lipinski definition) is 2. The van der Waals surface area contributed by atoms with Gasteiger partial charge in [0.25, 0.3) is 0 Å². The molecule has 0 bridgehead atoms. The van der Waals surface area contributed by atoms with E-state index in [9.17, 15) is 5.11 Å². The fraction of sp³-hybridized carbons (Fsp3) is 1.00. The van der Waals surface area contributed by atoms with Gasteiger partial charge < -0.3 is 0 Å². The molecule has 1 atom stereocenters. The maximum Gasteiger partial charge on any atom is 0.208 e. The normalized spacial score (nSPS) is 15.0. The Morgan fingerprint density at radius 2 is 2.00 bits per heavy atom. The Hall–Kier alpha value is -0.120. The van der Waals surface area contributed by atoms with Crippen LogP contribution in [0.15, 0.2) is 0 Å². The highest BCUT2D eigenvalue weighted by Gasteiger charge is 1.95. The zero-order chi connectivity index (χ0) is 5.86. The summed E-state index contributed by atoms with van der Waals surface area (Å²) in [7, 11) is 3.35. The summed E-state index contributed by atoms with van der Waals surface area (Å²) in [6.07, 6.45) is -0.949. The minimum atomic E-state index is -0.949. The van der Waals surface area contributed by atoms with Gasteiger partial charge in [-0.1, -0.05) is 0 Å². The molecule has 3 nitrogen and oxygen atoms in total. The van der Waals surface area contributed by atoms with Crippen LogP contribution in [0.5, 0.6) is 0 Å². The first-order valence-corrected chi connectivity index (χ1v) is 2.13. The van der Waals surface area contributed by atoms with Gasteiger partial charge in [-0.05, 0) is 6.92 Å². The molecule has 0 saturated heterocycles. The predicted molar refractivity (Wildman–Crippen MR) is 24.9 cm³/mol. The monoisotopic (exact) mass is 104 g/mol. The second-order valence-corrected chi connectivity index (χ2v) is 1.49. The van der Waals surface area contributed by atoms with Gasteiger partial charge in [0.15, 0.2) is 0 Å². The molecule has 0 rings (SSSR count). The number of hydrogen-bond donors (Lipinski definition) is 0. The average Bonchev–Trinajstić information content (AvgIpc) is 1.27. The molecule has 0 aliphatic rings. The molecule has 0 aromatic carbocycles. The molecule has 0 aromatic heterocycles. The van der Waals surface area contributed by atoms with E-state index in [0.29, 0.717) is 0 Å². The van der Waals surface area contributed by atoms with E-state index in [1.165, 1.54) is 12.0 Å². The van der Waals surface area contributed by atoms with E-state index >= 15 is 0 Å². The summed E-state index contributed by atoms with van der Waals surface area (Å²) < 4.78 is 0. The molecule has 7 heavy (non-hydrogen) atoms. The summed E-state index contributed by atoms with van der Waals surface area (Å²) in [5.41, 5.74) is 0. The van der Waals surface area contributed by atoms with Crippen LogP contribution in [0.2, 0.25) is 0 Å². The van der Waals surface area contributed by atoms with Gasteiger partial charge in [-0.3, -0.25) is 4.84 Å². The first-order valence-electron chi connectivity index (χ1n) is 2.13. The summed E-state index contributed by atoms with van der Waals surface area (Å²) in [6, 6.07) is 0. The summed E-state index contributed by atoms with van der Waals surface area (Å²) >= 11 is 0. The van der Waals surface area contributed by atoms with E-state index in [1.807, 2.05) is 0 Å². The van der Waals surface area contributed by atoms with Gasteiger partial charge in [0.1, 0.15) is 0 Å². The van der Waals surface area contributed by atoms with Crippen molar-refractivity contribution < 1.29 is 9.94 Å². The van der Waals surface area contributed by atoms with Crippen LogP contribution in [-0.2, 0) is 9.94 Å². The zero-order valence-corrected chi connectivity index (χ0v) is 4.84. The van der Waals surface area contributed by atoms with E-state index < -0.39 is 6.29 Å². The minimum absolute atomic E-state index is 0.949. The maximum absolute atomic E-state index is 10.1. The lowest BCUT2D eigenvalue weighted by Gasteiger charge is -2.09. The third-order valence-corrected chi connectivity index (χ3v) is 0.359. The summed E-state index contributed by atoms with van der Waals surface area (Å²) in [5, 5.41) is 11.5. The first-order chi connectivity index (χ1) is 3.13. The van der Waals surface area contributed by atoms with Crippen LogP contribution >= 0.6 is 0 Å². The molecule has 0 amide bonds. The van der Waals surface area contributed by atoms with E-state index in [0.717, 1.165) is 0 Å². The largest absolute Gasteiger partial charge is 0.265 e. The molecule has 3 heteroatoms. The van der Waals surface area contributed by atoms with Crippen molar-refractivity contribution in [3.63, 3.8) is 0 Å². The average molecular weight is 104 g/mol. The molecule has 0 heterocycles. The maximum atomic E-state index is 10.1. The minimum Gasteiger partial charge on any atom is -0.265 e. The van der Waals surface area contributed by atoms with Gasteiger partial charge in [0.05, 0.1) is 0 Å². The lowest BCUT2D eigenvalue weighted by Crippen LogP contribution is -2.18. The number of rotatable bonds is 2. The molecule has 1 radical (unpaired) electrons. The lowest BCUT2D eigenvalue weighted by atomic mass is 10.8. The summed E-state index contributed by atoms with van der Waals surface area (Å²) in [4.78, 5) is 4.53. The second-order valence-electron chi connectivity index (χ2n) is 1.49. The zero-order valence-electron chi connectivity index (χ0n) is 4.84. The van der Waals surface area contributed by atoms with Gasteiger partial charge in [-0.25, -0.2) is 5.11 Å². The van der Waals surface area contributed by atoms with Crippen molar-refractivity contribution in [2.75, 3.05) is 14.1 Å². The van der Waals surface area contributed by atoms with Crippen LogP contribution in [0.25, 0.3) is 0 Å². The fourth-order valence-electron chi connectivity index (χ4n) is 0.297. The van der Waals surface area contributed by atoms with Crippen LogP contribution in [0.3, 0.4) is 0 Å². The molecule has 1 unspecified atom stereocenters. The fourth-order valence-corrected chi connectivity index (χ4v) is 0.297. The molecule has 0 saturated carbocycles. The van der Waals surface area contributed by atoms with Crippen molar-refractivity contribution in [3.05, 3.63) is 0 Å². The highest BCUT2D eigenvalue weighted by Crippen LogP contribution is 1.84. The SMILES string of the molecule is CC([O])ON(C)C. The highest BCUT2D eigenvalue weighted by molar-refractivity contribution is 4.15. The topological polar surface area (TPSA) is 32.4 Å². The Morgan fingerprint density at radius 3 is 2.00 bits per heavy atom. The molecule has 0 aromatic rings. The van der Waals surface area contributed by atoms with Crippen molar-refractivity contribution >= 4 is 0 Å². The van der Waals surface area contributed by atoms with E-state index in [1.54, 1.807) is 14.1 Å². The highest BCUT2D eigenvalue weighted by atomic mass is 16.7. The van der Waals surface area contributed by atoms with E-state index in [4.69, 9.17) is 0 Å². The van der Waals surface area contributed by atoms with Crippen LogP contribution < -0.4 is 0 Å². The van der Waals surface area contributed by atoms with Crippen LogP contribution in [-0.4, -0.2) is 25.4 Å². The smallest absolute Gasteiger partial charge is 0.208 e. The van der Waals surface area contributed by atoms with Gasteiger partial charge in [0.2, 0.25) is 6.29 Å². The molecule has 0 aliphatic carbocycles. The Morgan fingerprint density at radius 1 is 1.57 bits per heavy atom. The van der Waals surface area contributed by atoms with Gasteiger partial charge in [-0.15, -0.1) is 0 Å².